The Labute approximate surface area is 159 Å². The standard InChI is InChI=1S/C23H37NO2/c1-14(24)19-7-8-20-18-6-5-16-13-17(26-15(2)25)9-11-22(16,3)21(18)10-12-23(19,20)4/h5,14,17-21H,6-13,24H2,1-4H3/t14?,17?,18-,19+,20?,21?,22-,23+/m0/s1. The zero-order chi connectivity index (χ0) is 18.7. The van der Waals surface area contributed by atoms with E-state index in [0.29, 0.717) is 22.8 Å². The summed E-state index contributed by atoms with van der Waals surface area (Å²) in [7, 11) is 0. The molecule has 0 aliphatic heterocycles. The minimum absolute atomic E-state index is 0.103. The summed E-state index contributed by atoms with van der Waals surface area (Å²) < 4.78 is 5.55. The summed E-state index contributed by atoms with van der Waals surface area (Å²) >= 11 is 0. The van der Waals surface area contributed by atoms with Gasteiger partial charge in [0.2, 0.25) is 0 Å². The van der Waals surface area contributed by atoms with Crippen molar-refractivity contribution in [2.75, 3.05) is 0 Å². The van der Waals surface area contributed by atoms with Gasteiger partial charge in [-0.3, -0.25) is 4.79 Å². The Hall–Kier alpha value is -0.830. The van der Waals surface area contributed by atoms with Crippen molar-refractivity contribution in [3.63, 3.8) is 0 Å². The van der Waals surface area contributed by atoms with Gasteiger partial charge in [-0.1, -0.05) is 25.5 Å². The maximum Gasteiger partial charge on any atom is 0.302 e. The molecule has 2 N–H and O–H groups in total. The molecule has 0 amide bonds. The van der Waals surface area contributed by atoms with Crippen molar-refractivity contribution in [1.29, 1.82) is 0 Å². The Morgan fingerprint density at radius 3 is 2.65 bits per heavy atom. The number of nitrogens with two attached hydrogens (primary N) is 1. The molecule has 4 aliphatic rings. The van der Waals surface area contributed by atoms with Crippen molar-refractivity contribution in [2.24, 2.45) is 40.2 Å². The molecule has 3 fully saturated rings. The molecule has 0 aromatic rings. The fourth-order valence-corrected chi connectivity index (χ4v) is 7.87. The second-order valence-electron chi connectivity index (χ2n) is 10.3. The quantitative estimate of drug-likeness (QED) is 0.567. The normalized spacial score (nSPS) is 48.7. The molecule has 3 heteroatoms. The van der Waals surface area contributed by atoms with Gasteiger partial charge in [0.05, 0.1) is 0 Å². The van der Waals surface area contributed by atoms with E-state index in [1.165, 1.54) is 45.4 Å². The van der Waals surface area contributed by atoms with Crippen LogP contribution in [0.15, 0.2) is 11.6 Å². The predicted octanol–water partition coefficient (Wildman–Crippen LogP) is 4.84. The zero-order valence-corrected chi connectivity index (χ0v) is 17.1. The summed E-state index contributed by atoms with van der Waals surface area (Å²) in [5.74, 6) is 3.06. The fraction of sp³-hybridized carbons (Fsp3) is 0.870. The Balaban J connectivity index is 1.58. The van der Waals surface area contributed by atoms with E-state index in [4.69, 9.17) is 10.5 Å². The number of hydrogen-bond acceptors (Lipinski definition) is 3. The fourth-order valence-electron chi connectivity index (χ4n) is 7.87. The van der Waals surface area contributed by atoms with Crippen molar-refractivity contribution < 1.29 is 9.53 Å². The molecule has 4 aliphatic carbocycles. The molecule has 0 aromatic heterocycles. The van der Waals surface area contributed by atoms with Crippen LogP contribution in [0.3, 0.4) is 0 Å². The first-order chi connectivity index (χ1) is 12.3. The van der Waals surface area contributed by atoms with Crippen LogP contribution in [0, 0.1) is 34.5 Å². The number of carbonyl (C=O) groups excluding carboxylic acids is 1. The van der Waals surface area contributed by atoms with Gasteiger partial charge in [-0.05, 0) is 86.4 Å². The van der Waals surface area contributed by atoms with Crippen LogP contribution < -0.4 is 5.73 Å². The molecule has 8 atom stereocenters. The largest absolute Gasteiger partial charge is 0.462 e. The number of rotatable bonds is 2. The van der Waals surface area contributed by atoms with Gasteiger partial charge < -0.3 is 10.5 Å². The first-order valence-corrected chi connectivity index (χ1v) is 10.9. The van der Waals surface area contributed by atoms with Crippen LogP contribution in [0.2, 0.25) is 0 Å². The van der Waals surface area contributed by atoms with Crippen LogP contribution in [-0.4, -0.2) is 18.1 Å². The average Bonchev–Trinajstić information content (AvgIpc) is 2.92. The Bertz CT molecular complexity index is 611. The SMILES string of the molecule is CC(=O)OC1CC[C@@]2(C)C(=CC[C@@H]3C2CC[C@@]2(C)C3CC[C@@H]2C(C)N)C1. The van der Waals surface area contributed by atoms with E-state index >= 15 is 0 Å². The van der Waals surface area contributed by atoms with Crippen LogP contribution in [0.1, 0.15) is 79.1 Å². The molecule has 0 radical (unpaired) electrons. The van der Waals surface area contributed by atoms with Gasteiger partial charge in [-0.2, -0.15) is 0 Å². The lowest BCUT2D eigenvalue weighted by Gasteiger charge is -2.58. The highest BCUT2D eigenvalue weighted by atomic mass is 16.5. The predicted molar refractivity (Wildman–Crippen MR) is 104 cm³/mol. The molecule has 0 aromatic carbocycles. The van der Waals surface area contributed by atoms with Gasteiger partial charge in [0.15, 0.2) is 0 Å². The summed E-state index contributed by atoms with van der Waals surface area (Å²) in [6, 6.07) is 0.325. The van der Waals surface area contributed by atoms with Crippen molar-refractivity contribution in [2.45, 2.75) is 91.2 Å². The minimum Gasteiger partial charge on any atom is -0.462 e. The van der Waals surface area contributed by atoms with Crippen LogP contribution in [0.5, 0.6) is 0 Å². The lowest BCUT2D eigenvalue weighted by atomic mass is 9.47. The van der Waals surface area contributed by atoms with E-state index in [2.05, 4.69) is 26.8 Å². The number of carbonyl (C=O) groups is 1. The highest BCUT2D eigenvalue weighted by Gasteiger charge is 2.59. The average molecular weight is 360 g/mol. The Kier molecular flexibility index (Phi) is 4.53. The molecule has 3 nitrogen and oxygen atoms in total. The third kappa shape index (κ3) is 2.68. The number of esters is 1. The first kappa shape index (κ1) is 18.5. The summed E-state index contributed by atoms with van der Waals surface area (Å²) in [6.45, 7) is 8.82. The highest BCUT2D eigenvalue weighted by Crippen LogP contribution is 2.66. The topological polar surface area (TPSA) is 52.3 Å². The molecule has 4 unspecified atom stereocenters. The summed E-state index contributed by atoms with van der Waals surface area (Å²) in [5.41, 5.74) is 8.75. The van der Waals surface area contributed by atoms with E-state index < -0.39 is 0 Å². The number of ether oxygens (including phenoxy) is 1. The number of fused-ring (bicyclic) bond motifs is 5. The minimum atomic E-state index is -0.130. The van der Waals surface area contributed by atoms with Crippen LogP contribution in [-0.2, 0) is 9.53 Å². The van der Waals surface area contributed by atoms with Crippen molar-refractivity contribution in [1.82, 2.24) is 0 Å². The first-order valence-electron chi connectivity index (χ1n) is 10.9. The van der Waals surface area contributed by atoms with Crippen LogP contribution in [0.25, 0.3) is 0 Å². The maximum atomic E-state index is 11.4. The molecular weight excluding hydrogens is 322 g/mol. The van der Waals surface area contributed by atoms with E-state index in [1.807, 2.05) is 0 Å². The summed E-state index contributed by atoms with van der Waals surface area (Å²) in [4.78, 5) is 11.4. The number of allylic oxidation sites excluding steroid dienone is 1. The molecule has 0 saturated heterocycles. The smallest absolute Gasteiger partial charge is 0.302 e. The third-order valence-electron chi connectivity index (χ3n) is 9.10. The van der Waals surface area contributed by atoms with Gasteiger partial charge in [0.1, 0.15) is 6.10 Å². The lowest BCUT2D eigenvalue weighted by Crippen LogP contribution is -2.52. The van der Waals surface area contributed by atoms with Crippen molar-refractivity contribution in [3.05, 3.63) is 11.6 Å². The third-order valence-corrected chi connectivity index (χ3v) is 9.10. The Morgan fingerprint density at radius 1 is 1.19 bits per heavy atom. The second kappa shape index (κ2) is 6.36. The molecule has 0 spiro atoms. The molecular formula is C23H37NO2. The van der Waals surface area contributed by atoms with E-state index in [1.54, 1.807) is 5.57 Å². The monoisotopic (exact) mass is 359 g/mol. The highest BCUT2D eigenvalue weighted by molar-refractivity contribution is 5.66. The van der Waals surface area contributed by atoms with Crippen molar-refractivity contribution >= 4 is 5.97 Å². The van der Waals surface area contributed by atoms with Gasteiger partial charge >= 0.3 is 5.97 Å². The van der Waals surface area contributed by atoms with Crippen LogP contribution in [0.4, 0.5) is 0 Å². The Morgan fingerprint density at radius 2 is 1.96 bits per heavy atom. The second-order valence-corrected chi connectivity index (χ2v) is 10.3. The molecule has 26 heavy (non-hydrogen) atoms. The van der Waals surface area contributed by atoms with Gasteiger partial charge in [0.25, 0.3) is 0 Å². The molecule has 146 valence electrons. The van der Waals surface area contributed by atoms with Crippen LogP contribution >= 0.6 is 0 Å². The lowest BCUT2D eigenvalue weighted by molar-refractivity contribution is -0.148. The molecule has 4 rings (SSSR count). The van der Waals surface area contributed by atoms with E-state index in [-0.39, 0.29) is 12.1 Å². The van der Waals surface area contributed by atoms with Gasteiger partial charge in [0, 0.05) is 19.4 Å². The number of hydrogen-bond donors (Lipinski definition) is 1. The van der Waals surface area contributed by atoms with Crippen molar-refractivity contribution in [3.8, 4) is 0 Å². The summed E-state index contributed by atoms with van der Waals surface area (Å²) in [6.07, 6.45) is 12.4. The van der Waals surface area contributed by atoms with E-state index in [9.17, 15) is 4.79 Å². The maximum absolute atomic E-state index is 11.4. The summed E-state index contributed by atoms with van der Waals surface area (Å²) in [5, 5.41) is 0. The molecule has 3 saturated carbocycles. The molecule has 0 bridgehead atoms. The van der Waals surface area contributed by atoms with Gasteiger partial charge in [-0.15, -0.1) is 0 Å². The molecule has 0 heterocycles. The van der Waals surface area contributed by atoms with Gasteiger partial charge in [-0.25, -0.2) is 0 Å². The zero-order valence-electron chi connectivity index (χ0n) is 17.1. The van der Waals surface area contributed by atoms with E-state index in [0.717, 1.165) is 30.6 Å².